The van der Waals surface area contributed by atoms with Crippen molar-refractivity contribution in [2.45, 2.75) is 58.1 Å². The van der Waals surface area contributed by atoms with Crippen LogP contribution in [0.2, 0.25) is 0 Å². The van der Waals surface area contributed by atoms with Gasteiger partial charge in [0.15, 0.2) is 0 Å². The lowest BCUT2D eigenvalue weighted by Gasteiger charge is -2.16. The Morgan fingerprint density at radius 3 is 2.94 bits per heavy atom. The summed E-state index contributed by atoms with van der Waals surface area (Å²) >= 11 is 0. The molecule has 1 aromatic heterocycles. The Bertz CT molecular complexity index is 315. The Morgan fingerprint density at radius 2 is 2.25 bits per heavy atom. The molecule has 1 aliphatic carbocycles. The van der Waals surface area contributed by atoms with Crippen molar-refractivity contribution in [3.8, 4) is 0 Å². The van der Waals surface area contributed by atoms with E-state index in [0.717, 1.165) is 31.0 Å². The zero-order chi connectivity index (χ0) is 11.4. The lowest BCUT2D eigenvalue weighted by atomic mass is 9.98. The largest absolute Gasteiger partial charge is 0.387 e. The van der Waals surface area contributed by atoms with Gasteiger partial charge in [0.1, 0.15) is 0 Å². The molecule has 3 heteroatoms. The third kappa shape index (κ3) is 2.64. The molecule has 2 rings (SSSR count). The second-order valence-electron chi connectivity index (χ2n) is 4.91. The maximum absolute atomic E-state index is 10.2. The first-order valence-corrected chi connectivity index (χ1v) is 6.49. The highest BCUT2D eigenvalue weighted by atomic mass is 16.3. The highest BCUT2D eigenvalue weighted by Gasteiger charge is 2.21. The smallest absolute Gasteiger partial charge is 0.0958 e. The molecule has 1 N–H and O–H groups in total. The van der Waals surface area contributed by atoms with Crippen LogP contribution < -0.4 is 0 Å². The fourth-order valence-electron chi connectivity index (χ4n) is 2.72. The van der Waals surface area contributed by atoms with Crippen LogP contribution in [0.3, 0.4) is 0 Å². The second-order valence-corrected chi connectivity index (χ2v) is 4.91. The number of rotatable bonds is 5. The molecule has 1 fully saturated rings. The molecule has 1 unspecified atom stereocenters. The summed E-state index contributed by atoms with van der Waals surface area (Å²) in [5, 5.41) is 10.2. The van der Waals surface area contributed by atoms with Crippen molar-refractivity contribution >= 4 is 0 Å². The fourth-order valence-corrected chi connectivity index (χ4v) is 2.72. The predicted molar refractivity (Wildman–Crippen MR) is 64.1 cm³/mol. The van der Waals surface area contributed by atoms with Gasteiger partial charge in [-0.3, -0.25) is 0 Å². The summed E-state index contributed by atoms with van der Waals surface area (Å²) in [4.78, 5) is 4.14. The molecule has 0 spiro atoms. The third-order valence-corrected chi connectivity index (χ3v) is 3.58. The molecule has 0 saturated heterocycles. The minimum atomic E-state index is -0.322. The molecule has 0 aliphatic heterocycles. The molecule has 0 bridgehead atoms. The molecule has 0 aromatic carbocycles. The van der Waals surface area contributed by atoms with Gasteiger partial charge in [-0.1, -0.05) is 32.6 Å². The van der Waals surface area contributed by atoms with Crippen LogP contribution in [0, 0.1) is 5.92 Å². The molecule has 1 aromatic rings. The average molecular weight is 222 g/mol. The average Bonchev–Trinajstić information content (AvgIpc) is 2.89. The molecule has 16 heavy (non-hydrogen) atoms. The van der Waals surface area contributed by atoms with Crippen molar-refractivity contribution in [2.24, 2.45) is 5.92 Å². The van der Waals surface area contributed by atoms with Crippen LogP contribution in [0.15, 0.2) is 12.5 Å². The van der Waals surface area contributed by atoms with Crippen LogP contribution in [0.1, 0.15) is 57.2 Å². The zero-order valence-corrected chi connectivity index (χ0v) is 10.1. The Morgan fingerprint density at radius 1 is 1.50 bits per heavy atom. The van der Waals surface area contributed by atoms with Crippen LogP contribution in [-0.2, 0) is 6.54 Å². The highest BCUT2D eigenvalue weighted by Crippen LogP contribution is 2.32. The Hall–Kier alpha value is -0.830. The topological polar surface area (TPSA) is 38.0 Å². The minimum absolute atomic E-state index is 0.322. The van der Waals surface area contributed by atoms with Crippen LogP contribution in [0.5, 0.6) is 0 Å². The standard InChI is InChI=1S/C13H22N2O/c1-2-7-15-10-14-9-12(15)13(16)8-11-5-3-4-6-11/h9-11,13,16H,2-8H2,1H3. The minimum Gasteiger partial charge on any atom is -0.387 e. The molecular formula is C13H22N2O. The Balaban J connectivity index is 1.96. The van der Waals surface area contributed by atoms with E-state index in [1.165, 1.54) is 25.7 Å². The lowest BCUT2D eigenvalue weighted by molar-refractivity contribution is 0.136. The van der Waals surface area contributed by atoms with Gasteiger partial charge in [-0.2, -0.15) is 0 Å². The predicted octanol–water partition coefficient (Wildman–Crippen LogP) is 2.91. The lowest BCUT2D eigenvalue weighted by Crippen LogP contribution is -2.10. The van der Waals surface area contributed by atoms with E-state index in [2.05, 4.69) is 16.5 Å². The first-order valence-electron chi connectivity index (χ1n) is 6.49. The molecule has 1 heterocycles. The Kier molecular flexibility index (Phi) is 3.99. The van der Waals surface area contributed by atoms with Crippen LogP contribution in [0.4, 0.5) is 0 Å². The SMILES string of the molecule is CCCn1cncc1C(O)CC1CCCC1. The molecule has 3 nitrogen and oxygen atoms in total. The highest BCUT2D eigenvalue weighted by molar-refractivity contribution is 5.03. The number of hydrogen-bond acceptors (Lipinski definition) is 2. The van der Waals surface area contributed by atoms with Gasteiger partial charge in [-0.25, -0.2) is 4.98 Å². The number of aliphatic hydroxyl groups excluding tert-OH is 1. The summed E-state index contributed by atoms with van der Waals surface area (Å²) < 4.78 is 2.08. The van der Waals surface area contributed by atoms with Crippen molar-refractivity contribution in [1.82, 2.24) is 9.55 Å². The van der Waals surface area contributed by atoms with E-state index in [9.17, 15) is 5.11 Å². The fraction of sp³-hybridized carbons (Fsp3) is 0.769. The molecule has 0 radical (unpaired) electrons. The Labute approximate surface area is 97.5 Å². The van der Waals surface area contributed by atoms with Crippen molar-refractivity contribution in [1.29, 1.82) is 0 Å². The number of imidazole rings is 1. The van der Waals surface area contributed by atoms with Crippen molar-refractivity contribution in [3.05, 3.63) is 18.2 Å². The summed E-state index contributed by atoms with van der Waals surface area (Å²) in [5.74, 6) is 0.722. The zero-order valence-electron chi connectivity index (χ0n) is 10.1. The first-order chi connectivity index (χ1) is 7.81. The van der Waals surface area contributed by atoms with Gasteiger partial charge in [0, 0.05) is 6.54 Å². The summed E-state index contributed by atoms with van der Waals surface area (Å²) in [6.07, 6.45) is 10.6. The van der Waals surface area contributed by atoms with E-state index in [0.29, 0.717) is 0 Å². The summed E-state index contributed by atoms with van der Waals surface area (Å²) in [6.45, 7) is 3.10. The van der Waals surface area contributed by atoms with E-state index in [-0.39, 0.29) is 6.10 Å². The maximum atomic E-state index is 10.2. The van der Waals surface area contributed by atoms with Gasteiger partial charge in [0.25, 0.3) is 0 Å². The maximum Gasteiger partial charge on any atom is 0.0958 e. The molecule has 1 atom stereocenters. The van der Waals surface area contributed by atoms with Crippen molar-refractivity contribution < 1.29 is 5.11 Å². The van der Waals surface area contributed by atoms with Crippen molar-refractivity contribution in [2.75, 3.05) is 0 Å². The number of aliphatic hydroxyl groups is 1. The van der Waals surface area contributed by atoms with E-state index in [4.69, 9.17) is 0 Å². The first kappa shape index (κ1) is 11.6. The quantitative estimate of drug-likeness (QED) is 0.831. The second kappa shape index (κ2) is 5.48. The number of aryl methyl sites for hydroxylation is 1. The van der Waals surface area contributed by atoms with Gasteiger partial charge in [-0.15, -0.1) is 0 Å². The molecular weight excluding hydrogens is 200 g/mol. The summed E-state index contributed by atoms with van der Waals surface area (Å²) in [6, 6.07) is 0. The molecule has 90 valence electrons. The molecule has 1 saturated carbocycles. The number of hydrogen-bond donors (Lipinski definition) is 1. The normalized spacial score (nSPS) is 19.1. The number of aromatic nitrogens is 2. The van der Waals surface area contributed by atoms with Gasteiger partial charge < -0.3 is 9.67 Å². The summed E-state index contributed by atoms with van der Waals surface area (Å²) in [7, 11) is 0. The third-order valence-electron chi connectivity index (χ3n) is 3.58. The monoisotopic (exact) mass is 222 g/mol. The van der Waals surface area contributed by atoms with Crippen LogP contribution in [-0.4, -0.2) is 14.7 Å². The van der Waals surface area contributed by atoms with E-state index in [1.54, 1.807) is 0 Å². The number of nitrogens with zero attached hydrogens (tertiary/aromatic N) is 2. The van der Waals surface area contributed by atoms with Crippen LogP contribution >= 0.6 is 0 Å². The van der Waals surface area contributed by atoms with Gasteiger partial charge in [0.2, 0.25) is 0 Å². The van der Waals surface area contributed by atoms with Gasteiger partial charge in [0.05, 0.1) is 24.3 Å². The van der Waals surface area contributed by atoms with Crippen molar-refractivity contribution in [3.63, 3.8) is 0 Å². The van der Waals surface area contributed by atoms with Gasteiger partial charge >= 0.3 is 0 Å². The summed E-state index contributed by atoms with van der Waals surface area (Å²) in [5.41, 5.74) is 0.994. The molecule has 1 aliphatic rings. The van der Waals surface area contributed by atoms with E-state index < -0.39 is 0 Å². The van der Waals surface area contributed by atoms with E-state index >= 15 is 0 Å². The van der Waals surface area contributed by atoms with E-state index in [1.807, 2.05) is 12.5 Å². The molecule has 0 amide bonds. The van der Waals surface area contributed by atoms with Gasteiger partial charge in [-0.05, 0) is 18.8 Å². The van der Waals surface area contributed by atoms with Crippen LogP contribution in [0.25, 0.3) is 0 Å².